The number of fused-ring (bicyclic) bond motifs is 1. The summed E-state index contributed by atoms with van der Waals surface area (Å²) in [5.41, 5.74) is 0.614. The number of carbonyl (C=O) groups excluding carboxylic acids is 1. The molecule has 1 saturated heterocycles. The largest absolute Gasteiger partial charge is 0.338 e. The van der Waals surface area contributed by atoms with E-state index in [2.05, 4.69) is 5.10 Å². The molecule has 132 valence electrons. The molecule has 0 bridgehead atoms. The molecule has 1 amide bonds. The van der Waals surface area contributed by atoms with Crippen LogP contribution >= 0.6 is 0 Å². The normalized spacial score (nSPS) is 21.3. The Labute approximate surface area is 147 Å². The van der Waals surface area contributed by atoms with Crippen molar-refractivity contribution in [3.05, 3.63) is 40.3 Å². The molecule has 2 aliphatic rings. The highest BCUT2D eigenvalue weighted by Gasteiger charge is 2.35. The van der Waals surface area contributed by atoms with Crippen molar-refractivity contribution in [2.24, 2.45) is 5.92 Å². The summed E-state index contributed by atoms with van der Waals surface area (Å²) >= 11 is 0. The highest BCUT2D eigenvalue weighted by atomic mass is 16.2. The van der Waals surface area contributed by atoms with Crippen LogP contribution in [0.15, 0.2) is 29.1 Å². The molecule has 2 aromatic rings. The fourth-order valence-electron chi connectivity index (χ4n) is 4.67. The van der Waals surface area contributed by atoms with Crippen LogP contribution < -0.4 is 5.56 Å². The lowest BCUT2D eigenvalue weighted by molar-refractivity contribution is -0.133. The molecule has 0 spiro atoms. The Morgan fingerprint density at radius 3 is 2.60 bits per heavy atom. The number of carbonyl (C=O) groups is 1. The van der Waals surface area contributed by atoms with E-state index in [4.69, 9.17) is 0 Å². The number of benzene rings is 1. The third-order valence-corrected chi connectivity index (χ3v) is 5.90. The van der Waals surface area contributed by atoms with Gasteiger partial charge in [-0.2, -0.15) is 5.10 Å². The molecule has 1 aromatic heterocycles. The van der Waals surface area contributed by atoms with E-state index in [1.165, 1.54) is 30.4 Å². The number of amides is 1. The van der Waals surface area contributed by atoms with Crippen LogP contribution in [0.2, 0.25) is 0 Å². The van der Waals surface area contributed by atoms with Crippen molar-refractivity contribution in [2.45, 2.75) is 58.0 Å². The first kappa shape index (κ1) is 16.3. The van der Waals surface area contributed by atoms with Gasteiger partial charge in [-0.15, -0.1) is 0 Å². The molecule has 0 unspecified atom stereocenters. The van der Waals surface area contributed by atoms with Gasteiger partial charge in [-0.25, -0.2) is 4.68 Å². The summed E-state index contributed by atoms with van der Waals surface area (Å²) < 4.78 is 1.35. The lowest BCUT2D eigenvalue weighted by atomic mass is 9.96. The second kappa shape index (κ2) is 6.62. The lowest BCUT2D eigenvalue weighted by Gasteiger charge is -2.29. The van der Waals surface area contributed by atoms with E-state index in [1.807, 2.05) is 36.1 Å². The van der Waals surface area contributed by atoms with Crippen molar-refractivity contribution in [1.29, 1.82) is 0 Å². The smallest absolute Gasteiger partial charge is 0.275 e. The van der Waals surface area contributed by atoms with E-state index in [0.717, 1.165) is 30.5 Å². The number of aryl methyl sites for hydroxylation is 1. The van der Waals surface area contributed by atoms with Gasteiger partial charge in [0.1, 0.15) is 6.54 Å². The minimum Gasteiger partial charge on any atom is -0.338 e. The summed E-state index contributed by atoms with van der Waals surface area (Å²) in [6.45, 7) is 2.76. The molecule has 1 aliphatic heterocycles. The van der Waals surface area contributed by atoms with Gasteiger partial charge in [-0.1, -0.05) is 31.0 Å². The molecule has 25 heavy (non-hydrogen) atoms. The highest BCUT2D eigenvalue weighted by Crippen LogP contribution is 2.35. The SMILES string of the molecule is Cc1nn(CC(=O)N2CCC[C@@H]2C2CCCC2)c(=O)c2ccccc12. The molecule has 2 heterocycles. The number of likely N-dealkylation sites (tertiary alicyclic amines) is 1. The van der Waals surface area contributed by atoms with E-state index < -0.39 is 0 Å². The van der Waals surface area contributed by atoms with Gasteiger partial charge in [-0.3, -0.25) is 9.59 Å². The summed E-state index contributed by atoms with van der Waals surface area (Å²) in [5, 5.41) is 5.89. The van der Waals surface area contributed by atoms with Crippen molar-refractivity contribution in [1.82, 2.24) is 14.7 Å². The van der Waals surface area contributed by atoms with Crippen molar-refractivity contribution in [3.63, 3.8) is 0 Å². The number of aromatic nitrogens is 2. The summed E-state index contributed by atoms with van der Waals surface area (Å²) in [6, 6.07) is 7.84. The maximum atomic E-state index is 12.9. The first-order chi connectivity index (χ1) is 12.1. The third kappa shape index (κ3) is 2.96. The lowest BCUT2D eigenvalue weighted by Crippen LogP contribution is -2.43. The van der Waals surface area contributed by atoms with Gasteiger partial charge in [0.05, 0.1) is 11.1 Å². The van der Waals surface area contributed by atoms with Crippen LogP contribution in [0.1, 0.15) is 44.2 Å². The standard InChI is InChI=1S/C20H25N3O2/c1-14-16-9-4-5-10-17(16)20(25)23(21-14)13-19(24)22-12-6-11-18(22)15-7-2-3-8-15/h4-5,9-10,15,18H,2-3,6-8,11-13H2,1H3/t18-/m1/s1. The van der Waals surface area contributed by atoms with E-state index in [1.54, 1.807) is 0 Å². The average molecular weight is 339 g/mol. The Balaban J connectivity index is 1.59. The quantitative estimate of drug-likeness (QED) is 0.864. The molecule has 5 nitrogen and oxygen atoms in total. The maximum absolute atomic E-state index is 12.9. The molecule has 1 aliphatic carbocycles. The van der Waals surface area contributed by atoms with Crippen molar-refractivity contribution >= 4 is 16.7 Å². The molecule has 2 fully saturated rings. The number of hydrogen-bond donors (Lipinski definition) is 0. The van der Waals surface area contributed by atoms with Crippen LogP contribution in [0.4, 0.5) is 0 Å². The zero-order chi connectivity index (χ0) is 17.4. The van der Waals surface area contributed by atoms with E-state index in [9.17, 15) is 9.59 Å². The van der Waals surface area contributed by atoms with E-state index in [0.29, 0.717) is 17.3 Å². The third-order valence-electron chi connectivity index (χ3n) is 5.90. The van der Waals surface area contributed by atoms with Crippen molar-refractivity contribution in [2.75, 3.05) is 6.54 Å². The maximum Gasteiger partial charge on any atom is 0.275 e. The molecular formula is C20H25N3O2. The summed E-state index contributed by atoms with van der Waals surface area (Å²) in [7, 11) is 0. The van der Waals surface area contributed by atoms with Crippen LogP contribution in [0.3, 0.4) is 0 Å². The molecule has 0 radical (unpaired) electrons. The Bertz CT molecular complexity index is 852. The van der Waals surface area contributed by atoms with Gasteiger partial charge in [-0.05, 0) is 44.6 Å². The molecule has 5 heteroatoms. The Morgan fingerprint density at radius 1 is 1.12 bits per heavy atom. The van der Waals surface area contributed by atoms with Crippen LogP contribution in [0.25, 0.3) is 10.8 Å². The van der Waals surface area contributed by atoms with Gasteiger partial charge in [0, 0.05) is 18.0 Å². The fraction of sp³-hybridized carbons (Fsp3) is 0.550. The average Bonchev–Trinajstić information content (AvgIpc) is 3.30. The second-order valence-corrected chi connectivity index (χ2v) is 7.44. The fourth-order valence-corrected chi connectivity index (χ4v) is 4.67. The van der Waals surface area contributed by atoms with Gasteiger partial charge >= 0.3 is 0 Å². The zero-order valence-electron chi connectivity index (χ0n) is 14.8. The molecule has 0 N–H and O–H groups in total. The molecule has 4 rings (SSSR count). The molecular weight excluding hydrogens is 314 g/mol. The topological polar surface area (TPSA) is 55.2 Å². The van der Waals surface area contributed by atoms with E-state index >= 15 is 0 Å². The van der Waals surface area contributed by atoms with Crippen LogP contribution in [-0.4, -0.2) is 33.2 Å². The van der Waals surface area contributed by atoms with Crippen LogP contribution in [0.5, 0.6) is 0 Å². The molecule has 1 saturated carbocycles. The Hall–Kier alpha value is -2.17. The summed E-state index contributed by atoms with van der Waals surface area (Å²) in [6.07, 6.45) is 7.23. The van der Waals surface area contributed by atoms with Gasteiger partial charge in [0.15, 0.2) is 0 Å². The monoisotopic (exact) mass is 339 g/mol. The minimum absolute atomic E-state index is 0.0404. The zero-order valence-corrected chi connectivity index (χ0v) is 14.8. The van der Waals surface area contributed by atoms with Crippen molar-refractivity contribution in [3.8, 4) is 0 Å². The first-order valence-electron chi connectivity index (χ1n) is 9.41. The van der Waals surface area contributed by atoms with Crippen molar-refractivity contribution < 1.29 is 4.79 Å². The summed E-state index contributed by atoms with van der Waals surface area (Å²) in [5.74, 6) is 0.688. The number of rotatable bonds is 3. The van der Waals surface area contributed by atoms with Gasteiger partial charge in [0.2, 0.25) is 5.91 Å². The first-order valence-corrected chi connectivity index (χ1v) is 9.41. The predicted molar refractivity (Wildman–Crippen MR) is 97.4 cm³/mol. The number of hydrogen-bond acceptors (Lipinski definition) is 3. The predicted octanol–water partition coefficient (Wildman–Crippen LogP) is 2.89. The highest BCUT2D eigenvalue weighted by molar-refractivity contribution is 5.83. The summed E-state index contributed by atoms with van der Waals surface area (Å²) in [4.78, 5) is 27.6. The van der Waals surface area contributed by atoms with Crippen LogP contribution in [0, 0.1) is 12.8 Å². The van der Waals surface area contributed by atoms with Crippen LogP contribution in [-0.2, 0) is 11.3 Å². The molecule has 1 atom stereocenters. The Kier molecular flexibility index (Phi) is 4.32. The Morgan fingerprint density at radius 2 is 1.84 bits per heavy atom. The number of nitrogens with zero attached hydrogens (tertiary/aromatic N) is 3. The van der Waals surface area contributed by atoms with E-state index in [-0.39, 0.29) is 18.0 Å². The van der Waals surface area contributed by atoms with Gasteiger partial charge < -0.3 is 4.90 Å². The minimum atomic E-state index is -0.175. The second-order valence-electron chi connectivity index (χ2n) is 7.44. The molecule has 1 aromatic carbocycles. The van der Waals surface area contributed by atoms with Gasteiger partial charge in [0.25, 0.3) is 5.56 Å².